The Labute approximate surface area is 135 Å². The second-order valence-electron chi connectivity index (χ2n) is 5.04. The summed E-state index contributed by atoms with van der Waals surface area (Å²) in [4.78, 5) is 17.5. The van der Waals surface area contributed by atoms with Crippen LogP contribution >= 0.6 is 0 Å². The molecule has 1 aromatic rings. The zero-order valence-electron chi connectivity index (χ0n) is 13.4. The molecule has 1 aliphatic heterocycles. The number of ether oxygens (including phenoxy) is 2. The number of rotatable bonds is 5. The Morgan fingerprint density at radius 2 is 2.04 bits per heavy atom. The Kier molecular flexibility index (Phi) is 6.62. The summed E-state index contributed by atoms with van der Waals surface area (Å²) in [6.45, 7) is 4.38. The molecule has 7 nitrogen and oxygen atoms in total. The van der Waals surface area contributed by atoms with E-state index < -0.39 is 5.97 Å². The number of methoxy groups -OCH3 is 1. The molecule has 1 heterocycles. The highest BCUT2D eigenvalue weighted by Crippen LogP contribution is 2.13. The number of benzene rings is 1. The molecule has 7 heteroatoms. The lowest BCUT2D eigenvalue weighted by atomic mass is 10.1. The van der Waals surface area contributed by atoms with E-state index >= 15 is 0 Å². The van der Waals surface area contributed by atoms with Crippen LogP contribution in [0.5, 0.6) is 0 Å². The predicted octanol–water partition coefficient (Wildman–Crippen LogP) is 1.63. The van der Waals surface area contributed by atoms with Gasteiger partial charge < -0.3 is 9.47 Å². The number of hydrogen-bond donors (Lipinski definition) is 0. The van der Waals surface area contributed by atoms with Crippen LogP contribution < -0.4 is 4.91 Å². The highest BCUT2D eigenvalue weighted by atomic mass is 16.5. The fraction of sp³-hybridized carbons (Fsp3) is 0.438. The normalized spacial score (nSPS) is 15.7. The first kappa shape index (κ1) is 17.0. The summed E-state index contributed by atoms with van der Waals surface area (Å²) in [6, 6.07) is 7.96. The standard InChI is InChI=1S/C16H21N4O3/c1-17-19-18-15(16(21)22-2)11-13-3-5-14(6-4-13)12-20-7-9-23-10-8-20/h3-6,11H,7-10,12H2,1-2H3/q+1/b15-11+. The van der Waals surface area contributed by atoms with E-state index in [1.807, 2.05) is 24.3 Å². The van der Waals surface area contributed by atoms with Crippen LogP contribution in [-0.4, -0.2) is 51.3 Å². The first-order chi connectivity index (χ1) is 11.2. The van der Waals surface area contributed by atoms with E-state index in [2.05, 4.69) is 24.8 Å². The predicted molar refractivity (Wildman–Crippen MR) is 85.4 cm³/mol. The molecule has 0 aromatic heterocycles. The van der Waals surface area contributed by atoms with Crippen LogP contribution in [0.2, 0.25) is 0 Å². The molecule has 23 heavy (non-hydrogen) atoms. The fourth-order valence-corrected chi connectivity index (χ4v) is 2.22. The van der Waals surface area contributed by atoms with E-state index in [0.717, 1.165) is 38.4 Å². The fourth-order valence-electron chi connectivity index (χ4n) is 2.22. The molecule has 1 saturated heterocycles. The Morgan fingerprint density at radius 3 is 2.65 bits per heavy atom. The van der Waals surface area contributed by atoms with E-state index in [1.165, 1.54) is 19.7 Å². The number of morpholine rings is 1. The Balaban J connectivity index is 2.08. The van der Waals surface area contributed by atoms with Crippen molar-refractivity contribution in [1.29, 1.82) is 0 Å². The molecule has 0 aliphatic carbocycles. The summed E-state index contributed by atoms with van der Waals surface area (Å²) >= 11 is 0. The van der Waals surface area contributed by atoms with Gasteiger partial charge in [-0.2, -0.15) is 0 Å². The topological polar surface area (TPSA) is 77.6 Å². The van der Waals surface area contributed by atoms with Crippen molar-refractivity contribution in [3.05, 3.63) is 41.1 Å². The van der Waals surface area contributed by atoms with Gasteiger partial charge in [-0.25, -0.2) is 4.79 Å². The number of nitrogens with zero attached hydrogens (tertiary/aromatic N) is 4. The van der Waals surface area contributed by atoms with Crippen LogP contribution in [0, 0.1) is 0 Å². The van der Waals surface area contributed by atoms with Gasteiger partial charge in [0.25, 0.3) is 0 Å². The minimum Gasteiger partial charge on any atom is -0.464 e. The number of carbonyl (C=O) groups excluding carboxylic acids is 1. The highest BCUT2D eigenvalue weighted by molar-refractivity contribution is 5.92. The quantitative estimate of drug-likeness (QED) is 0.358. The molecule has 0 saturated carbocycles. The third-order valence-electron chi connectivity index (χ3n) is 3.43. The largest absolute Gasteiger partial charge is 0.464 e. The Bertz CT molecular complexity index is 609. The molecule has 2 rings (SSSR count). The third kappa shape index (κ3) is 5.41. The average molecular weight is 317 g/mol. The van der Waals surface area contributed by atoms with Crippen molar-refractivity contribution in [2.24, 2.45) is 10.2 Å². The second kappa shape index (κ2) is 8.95. The molecule has 1 aromatic carbocycles. The van der Waals surface area contributed by atoms with Gasteiger partial charge in [-0.1, -0.05) is 24.3 Å². The van der Waals surface area contributed by atoms with Crippen molar-refractivity contribution in [3.8, 4) is 0 Å². The van der Waals surface area contributed by atoms with Gasteiger partial charge in [0, 0.05) is 19.6 Å². The van der Waals surface area contributed by atoms with Crippen LogP contribution in [0.3, 0.4) is 0 Å². The van der Waals surface area contributed by atoms with Crippen LogP contribution in [0.15, 0.2) is 40.2 Å². The van der Waals surface area contributed by atoms with E-state index in [1.54, 1.807) is 6.08 Å². The molecule has 0 bridgehead atoms. The van der Waals surface area contributed by atoms with E-state index in [9.17, 15) is 4.79 Å². The van der Waals surface area contributed by atoms with Gasteiger partial charge in [0.05, 0.1) is 20.3 Å². The molecule has 1 aliphatic rings. The Hall–Kier alpha value is -2.34. The first-order valence-corrected chi connectivity index (χ1v) is 7.42. The molecule has 0 unspecified atom stereocenters. The zero-order valence-corrected chi connectivity index (χ0v) is 13.4. The van der Waals surface area contributed by atoms with Gasteiger partial charge in [0.15, 0.2) is 5.11 Å². The minimum atomic E-state index is -0.546. The summed E-state index contributed by atoms with van der Waals surface area (Å²) in [6.07, 6.45) is 1.62. The van der Waals surface area contributed by atoms with Gasteiger partial charge in [0.1, 0.15) is 12.2 Å². The van der Waals surface area contributed by atoms with Crippen molar-refractivity contribution in [2.45, 2.75) is 6.54 Å². The lowest BCUT2D eigenvalue weighted by Gasteiger charge is -2.26. The molecular formula is C16H21N4O3+. The maximum Gasteiger partial charge on any atom is 0.364 e. The maximum absolute atomic E-state index is 11.6. The minimum absolute atomic E-state index is 0.110. The van der Waals surface area contributed by atoms with Crippen molar-refractivity contribution < 1.29 is 14.3 Å². The Morgan fingerprint density at radius 1 is 1.35 bits per heavy atom. The molecule has 0 atom stereocenters. The van der Waals surface area contributed by atoms with Crippen LogP contribution in [0.25, 0.3) is 6.08 Å². The zero-order chi connectivity index (χ0) is 16.5. The molecule has 0 radical (unpaired) electrons. The van der Waals surface area contributed by atoms with E-state index in [0.29, 0.717) is 0 Å². The van der Waals surface area contributed by atoms with E-state index in [4.69, 9.17) is 4.74 Å². The molecule has 0 N–H and O–H groups in total. The van der Waals surface area contributed by atoms with E-state index in [-0.39, 0.29) is 5.70 Å². The lowest BCUT2D eigenvalue weighted by Crippen LogP contribution is -2.35. The first-order valence-electron chi connectivity index (χ1n) is 7.42. The summed E-state index contributed by atoms with van der Waals surface area (Å²) < 4.78 is 10.0. The third-order valence-corrected chi connectivity index (χ3v) is 3.43. The van der Waals surface area contributed by atoms with Gasteiger partial charge in [-0.05, 0) is 17.2 Å². The van der Waals surface area contributed by atoms with Gasteiger partial charge in [-0.15, -0.1) is 0 Å². The van der Waals surface area contributed by atoms with Crippen molar-refractivity contribution in [1.82, 2.24) is 9.81 Å². The van der Waals surface area contributed by atoms with Crippen molar-refractivity contribution >= 4 is 12.0 Å². The second-order valence-corrected chi connectivity index (χ2v) is 5.04. The number of hydrogen-bond acceptors (Lipinski definition) is 6. The summed E-state index contributed by atoms with van der Waals surface area (Å²) in [5.41, 5.74) is 2.18. The SMILES string of the molecule is CN=[N+]=N/C(=C/c1ccc(CN2CCOCC2)cc1)C(=O)OC. The number of carbonyl (C=O) groups is 1. The molecule has 0 spiro atoms. The molecule has 0 amide bonds. The van der Waals surface area contributed by atoms with Crippen LogP contribution in [-0.2, 0) is 20.8 Å². The van der Waals surface area contributed by atoms with Gasteiger partial charge >= 0.3 is 5.97 Å². The van der Waals surface area contributed by atoms with Crippen molar-refractivity contribution in [3.63, 3.8) is 0 Å². The summed E-state index contributed by atoms with van der Waals surface area (Å²) in [5, 5.41) is 7.25. The average Bonchev–Trinajstić information content (AvgIpc) is 2.60. The molecule has 122 valence electrons. The summed E-state index contributed by atoms with van der Waals surface area (Å²) in [7, 11) is 2.79. The van der Waals surface area contributed by atoms with Gasteiger partial charge in [0.2, 0.25) is 10.6 Å². The summed E-state index contributed by atoms with van der Waals surface area (Å²) in [5.74, 6) is -0.546. The molecule has 1 fully saturated rings. The maximum atomic E-state index is 11.6. The van der Waals surface area contributed by atoms with Gasteiger partial charge in [-0.3, -0.25) is 4.90 Å². The number of esters is 1. The van der Waals surface area contributed by atoms with Crippen LogP contribution in [0.4, 0.5) is 0 Å². The smallest absolute Gasteiger partial charge is 0.364 e. The monoisotopic (exact) mass is 317 g/mol. The lowest BCUT2D eigenvalue weighted by molar-refractivity contribution is -0.136. The van der Waals surface area contributed by atoms with Crippen LogP contribution in [0.1, 0.15) is 11.1 Å². The highest BCUT2D eigenvalue weighted by Gasteiger charge is 2.14. The van der Waals surface area contributed by atoms with Crippen molar-refractivity contribution in [2.75, 3.05) is 40.5 Å². The molecular weight excluding hydrogens is 296 g/mol.